The van der Waals surface area contributed by atoms with Crippen molar-refractivity contribution in [1.82, 2.24) is 5.32 Å². The van der Waals surface area contributed by atoms with Gasteiger partial charge in [-0.1, -0.05) is 19.1 Å². The molecule has 1 N–H and O–H groups in total. The first-order valence-corrected chi connectivity index (χ1v) is 9.43. The van der Waals surface area contributed by atoms with Crippen LogP contribution in [0.15, 0.2) is 48.5 Å². The summed E-state index contributed by atoms with van der Waals surface area (Å²) in [6.45, 7) is 5.11. The van der Waals surface area contributed by atoms with Gasteiger partial charge < -0.3 is 15.0 Å². The highest BCUT2D eigenvalue weighted by Gasteiger charge is 2.15. The van der Waals surface area contributed by atoms with Crippen LogP contribution in [-0.2, 0) is 9.53 Å². The van der Waals surface area contributed by atoms with E-state index in [1.165, 1.54) is 18.2 Å². The highest BCUT2D eigenvalue weighted by Crippen LogP contribution is 2.23. The third-order valence-corrected chi connectivity index (χ3v) is 4.75. The molecule has 3 rings (SSSR count). The number of carbonyl (C=O) groups excluding carboxylic acids is 1. The fraction of sp³-hybridized carbons (Fsp3) is 0.318. The maximum atomic E-state index is 13.7. The Balaban J connectivity index is 1.67. The molecule has 0 radical (unpaired) electrons. The minimum atomic E-state index is -0.700. The first kappa shape index (κ1) is 20.0. The molecule has 28 heavy (non-hydrogen) atoms. The SMILES string of the molecule is CCC(NC(=O)/C=C/c1ccc(F)cc1F)c1cccc(N2CCOCC2)c1. The van der Waals surface area contributed by atoms with Gasteiger partial charge in [-0.2, -0.15) is 0 Å². The van der Waals surface area contributed by atoms with Crippen molar-refractivity contribution in [2.24, 2.45) is 0 Å². The summed E-state index contributed by atoms with van der Waals surface area (Å²) in [6, 6.07) is 11.2. The molecule has 4 nitrogen and oxygen atoms in total. The number of rotatable bonds is 6. The van der Waals surface area contributed by atoms with E-state index in [0.717, 1.165) is 42.9 Å². The fourth-order valence-corrected chi connectivity index (χ4v) is 3.20. The number of hydrogen-bond donors (Lipinski definition) is 1. The van der Waals surface area contributed by atoms with Gasteiger partial charge in [0.05, 0.1) is 19.3 Å². The number of anilines is 1. The molecule has 6 heteroatoms. The van der Waals surface area contributed by atoms with Gasteiger partial charge in [-0.15, -0.1) is 0 Å². The van der Waals surface area contributed by atoms with Gasteiger partial charge in [0.2, 0.25) is 5.91 Å². The Morgan fingerprint density at radius 3 is 2.71 bits per heavy atom. The first-order chi connectivity index (χ1) is 13.6. The molecule has 0 aromatic heterocycles. The van der Waals surface area contributed by atoms with Gasteiger partial charge in [0.15, 0.2) is 0 Å². The van der Waals surface area contributed by atoms with E-state index >= 15 is 0 Å². The van der Waals surface area contributed by atoms with E-state index in [0.29, 0.717) is 13.2 Å². The molecule has 1 amide bonds. The van der Waals surface area contributed by atoms with Crippen LogP contribution in [0.4, 0.5) is 14.5 Å². The number of halogens is 2. The van der Waals surface area contributed by atoms with Crippen molar-refractivity contribution in [2.75, 3.05) is 31.2 Å². The molecule has 1 aliphatic heterocycles. The summed E-state index contributed by atoms with van der Waals surface area (Å²) in [5.41, 5.74) is 2.29. The molecule has 1 unspecified atom stereocenters. The molecule has 148 valence electrons. The minimum absolute atomic E-state index is 0.156. The van der Waals surface area contributed by atoms with Crippen LogP contribution in [0.5, 0.6) is 0 Å². The lowest BCUT2D eigenvalue weighted by molar-refractivity contribution is -0.117. The molecule has 0 spiro atoms. The number of carbonyl (C=O) groups is 1. The smallest absolute Gasteiger partial charge is 0.244 e. The van der Waals surface area contributed by atoms with Gasteiger partial charge in [-0.25, -0.2) is 8.78 Å². The van der Waals surface area contributed by atoms with Crippen molar-refractivity contribution < 1.29 is 18.3 Å². The average Bonchev–Trinajstić information content (AvgIpc) is 2.72. The second-order valence-corrected chi connectivity index (χ2v) is 6.66. The van der Waals surface area contributed by atoms with Crippen molar-refractivity contribution >= 4 is 17.7 Å². The molecule has 1 atom stereocenters. The van der Waals surface area contributed by atoms with Crippen LogP contribution in [0.2, 0.25) is 0 Å². The molecule has 2 aromatic carbocycles. The minimum Gasteiger partial charge on any atom is -0.378 e. The molecule has 2 aromatic rings. The maximum Gasteiger partial charge on any atom is 0.244 e. The monoisotopic (exact) mass is 386 g/mol. The van der Waals surface area contributed by atoms with Crippen LogP contribution in [0.25, 0.3) is 6.08 Å². The Bertz CT molecular complexity index is 848. The highest BCUT2D eigenvalue weighted by molar-refractivity contribution is 5.92. The molecular formula is C22H24F2N2O2. The summed E-state index contributed by atoms with van der Waals surface area (Å²) in [7, 11) is 0. The number of benzene rings is 2. The van der Waals surface area contributed by atoms with Crippen molar-refractivity contribution in [3.8, 4) is 0 Å². The first-order valence-electron chi connectivity index (χ1n) is 9.43. The molecule has 0 saturated carbocycles. The van der Waals surface area contributed by atoms with Crippen molar-refractivity contribution in [3.63, 3.8) is 0 Å². The van der Waals surface area contributed by atoms with E-state index in [4.69, 9.17) is 4.74 Å². The zero-order valence-corrected chi connectivity index (χ0v) is 15.8. The molecule has 1 heterocycles. The van der Waals surface area contributed by atoms with Gasteiger partial charge in [0.25, 0.3) is 0 Å². The van der Waals surface area contributed by atoms with Crippen molar-refractivity contribution in [3.05, 3.63) is 71.3 Å². The molecule has 0 bridgehead atoms. The zero-order valence-electron chi connectivity index (χ0n) is 15.8. The summed E-state index contributed by atoms with van der Waals surface area (Å²) in [5.74, 6) is -1.67. The van der Waals surface area contributed by atoms with Gasteiger partial charge in [-0.3, -0.25) is 4.79 Å². The Hall–Kier alpha value is -2.73. The van der Waals surface area contributed by atoms with Crippen molar-refractivity contribution in [1.29, 1.82) is 0 Å². The van der Waals surface area contributed by atoms with Crippen molar-refractivity contribution in [2.45, 2.75) is 19.4 Å². The summed E-state index contributed by atoms with van der Waals surface area (Å²) in [5, 5.41) is 2.95. The van der Waals surface area contributed by atoms with Crippen LogP contribution in [0, 0.1) is 11.6 Å². The third-order valence-electron chi connectivity index (χ3n) is 4.75. The van der Waals surface area contributed by atoms with Gasteiger partial charge >= 0.3 is 0 Å². The average molecular weight is 386 g/mol. The van der Waals surface area contributed by atoms with Crippen LogP contribution in [0.3, 0.4) is 0 Å². The largest absolute Gasteiger partial charge is 0.378 e. The number of morpholine rings is 1. The number of nitrogens with zero attached hydrogens (tertiary/aromatic N) is 1. The van der Waals surface area contributed by atoms with E-state index in [1.54, 1.807) is 0 Å². The molecule has 1 fully saturated rings. The van der Waals surface area contributed by atoms with E-state index in [-0.39, 0.29) is 17.5 Å². The summed E-state index contributed by atoms with van der Waals surface area (Å²) in [4.78, 5) is 14.6. The molecule has 1 aliphatic rings. The number of hydrogen-bond acceptors (Lipinski definition) is 3. The summed E-state index contributed by atoms with van der Waals surface area (Å²) in [6.07, 6.45) is 3.34. The zero-order chi connectivity index (χ0) is 19.9. The molecule has 0 aliphatic carbocycles. The van der Waals surface area contributed by atoms with Crippen LogP contribution >= 0.6 is 0 Å². The van der Waals surface area contributed by atoms with E-state index in [2.05, 4.69) is 22.3 Å². The second kappa shape index (κ2) is 9.46. The van der Waals surface area contributed by atoms with E-state index in [9.17, 15) is 13.6 Å². The lowest BCUT2D eigenvalue weighted by atomic mass is 10.0. The van der Waals surface area contributed by atoms with E-state index < -0.39 is 11.6 Å². The Labute approximate surface area is 163 Å². The second-order valence-electron chi connectivity index (χ2n) is 6.66. The predicted octanol–water partition coefficient (Wildman–Crippen LogP) is 4.08. The third kappa shape index (κ3) is 5.16. The Morgan fingerprint density at radius 2 is 2.00 bits per heavy atom. The van der Waals surface area contributed by atoms with Crippen LogP contribution in [-0.4, -0.2) is 32.2 Å². The number of ether oxygens (including phenoxy) is 1. The van der Waals surface area contributed by atoms with Gasteiger partial charge in [0.1, 0.15) is 11.6 Å². The Kier molecular flexibility index (Phi) is 6.76. The van der Waals surface area contributed by atoms with Crippen LogP contribution < -0.4 is 10.2 Å². The van der Waals surface area contributed by atoms with Gasteiger partial charge in [0, 0.05) is 36.5 Å². The van der Waals surface area contributed by atoms with E-state index in [1.807, 2.05) is 19.1 Å². The highest BCUT2D eigenvalue weighted by atomic mass is 19.1. The molecule has 1 saturated heterocycles. The number of amides is 1. The topological polar surface area (TPSA) is 41.6 Å². The Morgan fingerprint density at radius 1 is 1.21 bits per heavy atom. The maximum absolute atomic E-state index is 13.7. The quantitative estimate of drug-likeness (QED) is 0.761. The number of nitrogens with one attached hydrogen (secondary N) is 1. The summed E-state index contributed by atoms with van der Waals surface area (Å²) >= 11 is 0. The standard InChI is InChI=1S/C22H24F2N2O2/c1-2-21(17-4-3-5-19(14-17)26-10-12-28-13-11-26)25-22(27)9-7-16-6-8-18(23)15-20(16)24/h3-9,14-15,21H,2,10-13H2,1H3,(H,25,27)/b9-7+. The predicted molar refractivity (Wildman–Crippen MR) is 106 cm³/mol. The molecular weight excluding hydrogens is 362 g/mol. The van der Waals surface area contributed by atoms with Crippen LogP contribution in [0.1, 0.15) is 30.5 Å². The normalized spacial score (nSPS) is 15.6. The lowest BCUT2D eigenvalue weighted by Crippen LogP contribution is -2.36. The summed E-state index contributed by atoms with van der Waals surface area (Å²) < 4.78 is 32.0. The van der Waals surface area contributed by atoms with Gasteiger partial charge in [-0.05, 0) is 42.3 Å². The lowest BCUT2D eigenvalue weighted by Gasteiger charge is -2.29. The fourth-order valence-electron chi connectivity index (χ4n) is 3.20.